The Morgan fingerprint density at radius 2 is 1.00 bits per heavy atom. The Morgan fingerprint density at radius 3 is 1.38 bits per heavy atom. The SMILES string of the molecule is FCCOCCOCCOCCOCCCl. The third-order valence-corrected chi connectivity index (χ3v) is 1.71. The van der Waals surface area contributed by atoms with E-state index in [-0.39, 0.29) is 6.61 Å². The zero-order valence-corrected chi connectivity index (χ0v) is 10.2. The summed E-state index contributed by atoms with van der Waals surface area (Å²) < 4.78 is 32.0. The Kier molecular flexibility index (Phi) is 15.1. The molecule has 0 amide bonds. The van der Waals surface area contributed by atoms with Crippen molar-refractivity contribution in [1.29, 1.82) is 0 Å². The minimum Gasteiger partial charge on any atom is -0.378 e. The van der Waals surface area contributed by atoms with Gasteiger partial charge >= 0.3 is 0 Å². The lowest BCUT2D eigenvalue weighted by Gasteiger charge is -2.06. The Balaban J connectivity index is 2.83. The van der Waals surface area contributed by atoms with Gasteiger partial charge in [0.25, 0.3) is 0 Å². The summed E-state index contributed by atoms with van der Waals surface area (Å²) in [5.41, 5.74) is 0. The fourth-order valence-corrected chi connectivity index (χ4v) is 0.980. The van der Waals surface area contributed by atoms with Crippen LogP contribution in [0.25, 0.3) is 0 Å². The average Bonchev–Trinajstić information content (AvgIpc) is 2.31. The summed E-state index contributed by atoms with van der Waals surface area (Å²) in [6, 6.07) is 0. The quantitative estimate of drug-likeness (QED) is 0.368. The molecule has 0 aromatic heterocycles. The summed E-state index contributed by atoms with van der Waals surface area (Å²) in [5.74, 6) is 0.502. The van der Waals surface area contributed by atoms with Crippen LogP contribution in [0.15, 0.2) is 0 Å². The van der Waals surface area contributed by atoms with Gasteiger partial charge in [0.05, 0.1) is 52.9 Å². The number of hydrogen-bond donors (Lipinski definition) is 0. The zero-order chi connectivity index (χ0) is 11.9. The van der Waals surface area contributed by atoms with Crippen LogP contribution in [0.1, 0.15) is 0 Å². The van der Waals surface area contributed by atoms with Crippen molar-refractivity contribution in [1.82, 2.24) is 0 Å². The first kappa shape index (κ1) is 16.1. The normalized spacial score (nSPS) is 10.9. The monoisotopic (exact) mass is 258 g/mol. The maximum atomic E-state index is 11.6. The molecule has 0 aromatic rings. The van der Waals surface area contributed by atoms with Crippen molar-refractivity contribution in [2.75, 3.05) is 65.4 Å². The number of halogens is 2. The van der Waals surface area contributed by atoms with Crippen LogP contribution in [-0.2, 0) is 18.9 Å². The minimum atomic E-state index is -0.453. The van der Waals surface area contributed by atoms with Gasteiger partial charge in [0.15, 0.2) is 0 Å². The fraction of sp³-hybridized carbons (Fsp3) is 1.00. The second-order valence-electron chi connectivity index (χ2n) is 2.83. The third kappa shape index (κ3) is 14.1. The van der Waals surface area contributed by atoms with Gasteiger partial charge in [-0.15, -0.1) is 11.6 Å². The van der Waals surface area contributed by atoms with Crippen LogP contribution in [0.4, 0.5) is 4.39 Å². The molecule has 0 atom stereocenters. The van der Waals surface area contributed by atoms with Gasteiger partial charge in [0.2, 0.25) is 0 Å². The first-order chi connectivity index (χ1) is 7.91. The second kappa shape index (κ2) is 15.1. The molecule has 0 aliphatic heterocycles. The van der Waals surface area contributed by atoms with Crippen LogP contribution >= 0.6 is 11.6 Å². The average molecular weight is 259 g/mol. The molecule has 98 valence electrons. The first-order valence-corrected chi connectivity index (χ1v) is 5.88. The van der Waals surface area contributed by atoms with Crippen LogP contribution in [0.3, 0.4) is 0 Å². The van der Waals surface area contributed by atoms with E-state index in [0.717, 1.165) is 0 Å². The Morgan fingerprint density at radius 1 is 0.625 bits per heavy atom. The van der Waals surface area contributed by atoms with Crippen LogP contribution < -0.4 is 0 Å². The minimum absolute atomic E-state index is 0.137. The molecule has 0 N–H and O–H groups in total. The molecule has 0 rings (SSSR count). The van der Waals surface area contributed by atoms with E-state index >= 15 is 0 Å². The third-order valence-electron chi connectivity index (χ3n) is 1.56. The summed E-state index contributed by atoms with van der Waals surface area (Å²) in [6.45, 7) is 3.23. The van der Waals surface area contributed by atoms with Gasteiger partial charge in [-0.25, -0.2) is 4.39 Å². The Labute approximate surface area is 101 Å². The molecule has 0 unspecified atom stereocenters. The molecule has 0 bridgehead atoms. The van der Waals surface area contributed by atoms with Gasteiger partial charge in [-0.3, -0.25) is 0 Å². The largest absolute Gasteiger partial charge is 0.378 e. The van der Waals surface area contributed by atoms with Crippen molar-refractivity contribution in [3.63, 3.8) is 0 Å². The van der Waals surface area contributed by atoms with E-state index in [4.69, 9.17) is 30.5 Å². The van der Waals surface area contributed by atoms with E-state index in [1.807, 2.05) is 0 Å². The summed E-state index contributed by atoms with van der Waals surface area (Å²) in [5, 5.41) is 0. The van der Waals surface area contributed by atoms with Crippen LogP contribution in [0.2, 0.25) is 0 Å². The molecule has 0 aromatic carbocycles. The van der Waals surface area contributed by atoms with E-state index in [0.29, 0.717) is 52.1 Å². The van der Waals surface area contributed by atoms with Crippen molar-refractivity contribution in [2.45, 2.75) is 0 Å². The first-order valence-electron chi connectivity index (χ1n) is 5.34. The van der Waals surface area contributed by atoms with Crippen LogP contribution in [0.5, 0.6) is 0 Å². The van der Waals surface area contributed by atoms with E-state index in [2.05, 4.69) is 0 Å². The molecule has 4 nitrogen and oxygen atoms in total. The van der Waals surface area contributed by atoms with Crippen molar-refractivity contribution >= 4 is 11.6 Å². The van der Waals surface area contributed by atoms with E-state index in [1.54, 1.807) is 0 Å². The van der Waals surface area contributed by atoms with Crippen molar-refractivity contribution in [3.8, 4) is 0 Å². The van der Waals surface area contributed by atoms with E-state index < -0.39 is 6.67 Å². The zero-order valence-electron chi connectivity index (χ0n) is 9.46. The predicted octanol–water partition coefficient (Wildman–Crippen LogP) is 1.26. The predicted molar refractivity (Wildman–Crippen MR) is 60.0 cm³/mol. The summed E-state index contributed by atoms with van der Waals surface area (Å²) >= 11 is 5.41. The Hall–Kier alpha value is 0.0600. The lowest BCUT2D eigenvalue weighted by Crippen LogP contribution is -2.12. The molecule has 0 fully saturated rings. The van der Waals surface area contributed by atoms with Crippen molar-refractivity contribution in [3.05, 3.63) is 0 Å². The Bertz CT molecular complexity index is 115. The second-order valence-corrected chi connectivity index (χ2v) is 3.21. The van der Waals surface area contributed by atoms with Crippen molar-refractivity contribution < 1.29 is 23.3 Å². The molecule has 0 saturated heterocycles. The number of alkyl halides is 2. The highest BCUT2D eigenvalue weighted by molar-refractivity contribution is 6.17. The lowest BCUT2D eigenvalue weighted by molar-refractivity contribution is -0.00153. The number of rotatable bonds is 13. The standard InChI is InChI=1S/C10H20ClFO4/c11-1-3-13-5-7-15-9-10-16-8-6-14-4-2-12/h1-10H2. The molecule has 0 spiro atoms. The topological polar surface area (TPSA) is 36.9 Å². The smallest absolute Gasteiger partial charge is 0.113 e. The van der Waals surface area contributed by atoms with Gasteiger partial charge in [-0.1, -0.05) is 0 Å². The highest BCUT2D eigenvalue weighted by Gasteiger charge is 1.91. The molecular weight excluding hydrogens is 239 g/mol. The van der Waals surface area contributed by atoms with Gasteiger partial charge in [-0.05, 0) is 0 Å². The highest BCUT2D eigenvalue weighted by Crippen LogP contribution is 1.83. The molecular formula is C10H20ClFO4. The molecule has 0 heterocycles. The lowest BCUT2D eigenvalue weighted by atomic mass is 10.7. The molecule has 16 heavy (non-hydrogen) atoms. The highest BCUT2D eigenvalue weighted by atomic mass is 35.5. The van der Waals surface area contributed by atoms with Gasteiger partial charge in [0.1, 0.15) is 6.67 Å². The van der Waals surface area contributed by atoms with Crippen LogP contribution in [0, 0.1) is 0 Å². The van der Waals surface area contributed by atoms with Crippen molar-refractivity contribution in [2.24, 2.45) is 0 Å². The van der Waals surface area contributed by atoms with E-state index in [1.165, 1.54) is 0 Å². The summed E-state index contributed by atoms with van der Waals surface area (Å²) in [6.07, 6.45) is 0. The molecule has 0 saturated carbocycles. The van der Waals surface area contributed by atoms with Gasteiger partial charge < -0.3 is 18.9 Å². The molecule has 0 aliphatic rings. The number of hydrogen-bond acceptors (Lipinski definition) is 4. The number of ether oxygens (including phenoxy) is 4. The summed E-state index contributed by atoms with van der Waals surface area (Å²) in [7, 11) is 0. The molecule has 0 radical (unpaired) electrons. The molecule has 6 heteroatoms. The van der Waals surface area contributed by atoms with Gasteiger partial charge in [-0.2, -0.15) is 0 Å². The fourth-order valence-electron chi connectivity index (χ4n) is 0.871. The van der Waals surface area contributed by atoms with Crippen LogP contribution in [-0.4, -0.2) is 65.4 Å². The maximum Gasteiger partial charge on any atom is 0.113 e. The molecule has 0 aliphatic carbocycles. The summed E-state index contributed by atoms with van der Waals surface area (Å²) in [4.78, 5) is 0. The maximum absolute atomic E-state index is 11.6. The van der Waals surface area contributed by atoms with Gasteiger partial charge in [0, 0.05) is 5.88 Å². The van der Waals surface area contributed by atoms with E-state index in [9.17, 15) is 4.39 Å².